The number of furan rings is 1. The summed E-state index contributed by atoms with van der Waals surface area (Å²) in [5.74, 6) is -0.928. The number of hydrogen-bond donors (Lipinski definition) is 3. The van der Waals surface area contributed by atoms with Crippen LogP contribution in [0.3, 0.4) is 0 Å². The predicted molar refractivity (Wildman–Crippen MR) is 120 cm³/mol. The smallest absolute Gasteiger partial charge is 0.287 e. The lowest BCUT2D eigenvalue weighted by Gasteiger charge is -2.09. The van der Waals surface area contributed by atoms with Gasteiger partial charge in [0.05, 0.1) is 6.54 Å². The lowest BCUT2D eigenvalue weighted by molar-refractivity contribution is 0.0706. The van der Waals surface area contributed by atoms with Crippen molar-refractivity contribution in [1.29, 1.82) is 0 Å². The van der Waals surface area contributed by atoms with Crippen LogP contribution in [0.2, 0.25) is 0 Å². The number of amides is 2. The Morgan fingerprint density at radius 1 is 0.912 bits per heavy atom. The van der Waals surface area contributed by atoms with E-state index in [0.29, 0.717) is 22.3 Å². The van der Waals surface area contributed by atoms with Gasteiger partial charge in [0.2, 0.25) is 0 Å². The molecule has 0 unspecified atom stereocenters. The molecule has 0 aliphatic heterocycles. The molecule has 1 aromatic heterocycles. The van der Waals surface area contributed by atoms with Gasteiger partial charge in [-0.25, -0.2) is 9.87 Å². The minimum absolute atomic E-state index is 0.0506. The molecule has 0 saturated heterocycles. The van der Waals surface area contributed by atoms with Gasteiger partial charge in [0, 0.05) is 16.5 Å². The van der Waals surface area contributed by atoms with E-state index in [0.717, 1.165) is 0 Å². The number of ether oxygens (including phenoxy) is 2. The summed E-state index contributed by atoms with van der Waals surface area (Å²) in [6, 6.07) is 19.3. The number of nitrogens with one attached hydrogen (secondary N) is 2. The van der Waals surface area contributed by atoms with Crippen LogP contribution in [0.5, 0.6) is 11.5 Å². The van der Waals surface area contributed by atoms with Crippen LogP contribution in [0.15, 0.2) is 77.2 Å². The van der Waals surface area contributed by atoms with Crippen molar-refractivity contribution < 1.29 is 33.1 Å². The number of fused-ring (bicyclic) bond motifs is 1. The van der Waals surface area contributed by atoms with E-state index in [9.17, 15) is 14.0 Å². The zero-order valence-corrected chi connectivity index (χ0v) is 17.9. The zero-order chi connectivity index (χ0) is 23.9. The molecule has 1 heterocycles. The Balaban J connectivity index is 1.39. The summed E-state index contributed by atoms with van der Waals surface area (Å²) in [6.07, 6.45) is 0. The summed E-state index contributed by atoms with van der Waals surface area (Å²) < 4.78 is 30.9. The third-order valence-electron chi connectivity index (χ3n) is 4.99. The number of carbonyl (C=O) groups excluding carboxylic acids is 2. The van der Waals surface area contributed by atoms with Gasteiger partial charge in [-0.1, -0.05) is 30.3 Å². The number of halogens is 1. The third-order valence-corrected chi connectivity index (χ3v) is 4.99. The number of rotatable bonds is 9. The van der Waals surface area contributed by atoms with Crippen molar-refractivity contribution in [3.8, 4) is 11.5 Å². The van der Waals surface area contributed by atoms with Crippen LogP contribution in [0.25, 0.3) is 11.0 Å². The maximum absolute atomic E-state index is 13.9. The minimum Gasteiger partial charge on any atom is -0.492 e. The number of para-hydroxylation sites is 2. The van der Waals surface area contributed by atoms with Crippen molar-refractivity contribution in [3.05, 3.63) is 95.5 Å². The number of hydroxylamine groups is 1. The highest BCUT2D eigenvalue weighted by Crippen LogP contribution is 2.28. The van der Waals surface area contributed by atoms with E-state index >= 15 is 0 Å². The van der Waals surface area contributed by atoms with Crippen LogP contribution in [-0.4, -0.2) is 30.2 Å². The van der Waals surface area contributed by atoms with Gasteiger partial charge in [-0.3, -0.25) is 14.8 Å². The van der Waals surface area contributed by atoms with Crippen LogP contribution in [0, 0.1) is 5.82 Å². The first-order valence-corrected chi connectivity index (χ1v) is 10.4. The molecule has 0 saturated carbocycles. The second-order valence-electron chi connectivity index (χ2n) is 7.19. The molecule has 3 aromatic carbocycles. The van der Waals surface area contributed by atoms with Crippen LogP contribution < -0.4 is 20.3 Å². The number of carbonyl (C=O) groups is 2. The first-order valence-electron chi connectivity index (χ1n) is 10.4. The average Bonchev–Trinajstić information content (AvgIpc) is 3.24. The molecular weight excluding hydrogens is 443 g/mol. The van der Waals surface area contributed by atoms with Gasteiger partial charge in [0.1, 0.15) is 24.5 Å². The highest BCUT2D eigenvalue weighted by molar-refractivity contribution is 5.99. The van der Waals surface area contributed by atoms with E-state index in [1.54, 1.807) is 47.9 Å². The van der Waals surface area contributed by atoms with Crippen molar-refractivity contribution in [1.82, 2.24) is 10.8 Å². The van der Waals surface area contributed by atoms with Crippen molar-refractivity contribution in [2.75, 3.05) is 13.2 Å². The van der Waals surface area contributed by atoms with Gasteiger partial charge >= 0.3 is 0 Å². The highest BCUT2D eigenvalue weighted by Gasteiger charge is 2.21. The standard InChI is InChI=1S/C25H21FN2O6/c26-20-6-2-4-8-22(20)33-15-19-18-5-1-3-7-21(18)34-23(19)25(30)27-13-14-32-17-11-9-16(10-12-17)24(29)28-31/h1-12,31H,13-15H2,(H,27,30)(H,28,29). The molecule has 0 radical (unpaired) electrons. The Bertz CT molecular complexity index is 1300. The topological polar surface area (TPSA) is 110 Å². The first-order chi connectivity index (χ1) is 16.6. The fourth-order valence-corrected chi connectivity index (χ4v) is 3.32. The molecule has 3 N–H and O–H groups in total. The van der Waals surface area contributed by atoms with Crippen molar-refractivity contribution in [3.63, 3.8) is 0 Å². The van der Waals surface area contributed by atoms with E-state index in [1.807, 2.05) is 6.07 Å². The second-order valence-corrected chi connectivity index (χ2v) is 7.19. The fourth-order valence-electron chi connectivity index (χ4n) is 3.32. The van der Waals surface area contributed by atoms with Gasteiger partial charge in [0.25, 0.3) is 11.8 Å². The van der Waals surface area contributed by atoms with Gasteiger partial charge in [-0.2, -0.15) is 0 Å². The molecule has 0 aliphatic rings. The number of benzene rings is 3. The van der Waals surface area contributed by atoms with Crippen molar-refractivity contribution in [2.24, 2.45) is 0 Å². The molecule has 0 atom stereocenters. The molecule has 174 valence electrons. The van der Waals surface area contributed by atoms with Gasteiger partial charge in [-0.15, -0.1) is 0 Å². The summed E-state index contributed by atoms with van der Waals surface area (Å²) in [4.78, 5) is 24.2. The SMILES string of the molecule is O=C(NO)c1ccc(OCCNC(=O)c2oc3ccccc3c2COc2ccccc2F)cc1. The Morgan fingerprint density at radius 2 is 1.65 bits per heavy atom. The van der Waals surface area contributed by atoms with E-state index < -0.39 is 17.6 Å². The molecule has 4 rings (SSSR count). The lowest BCUT2D eigenvalue weighted by atomic mass is 10.1. The van der Waals surface area contributed by atoms with Gasteiger partial charge in [0.15, 0.2) is 17.3 Å². The molecule has 0 bridgehead atoms. The van der Waals surface area contributed by atoms with Crippen LogP contribution in [0.1, 0.15) is 26.5 Å². The Kier molecular flexibility index (Phi) is 7.04. The summed E-state index contributed by atoms with van der Waals surface area (Å²) in [6.45, 7) is 0.298. The van der Waals surface area contributed by atoms with Crippen LogP contribution >= 0.6 is 0 Å². The van der Waals surface area contributed by atoms with Crippen LogP contribution in [-0.2, 0) is 6.61 Å². The molecule has 8 nitrogen and oxygen atoms in total. The van der Waals surface area contributed by atoms with Gasteiger partial charge < -0.3 is 19.2 Å². The molecule has 0 aliphatic carbocycles. The van der Waals surface area contributed by atoms with Gasteiger partial charge in [-0.05, 0) is 42.5 Å². The summed E-state index contributed by atoms with van der Waals surface area (Å²) >= 11 is 0. The van der Waals surface area contributed by atoms with Crippen molar-refractivity contribution in [2.45, 2.75) is 6.61 Å². The second kappa shape index (κ2) is 10.5. The third kappa shape index (κ3) is 5.16. The fraction of sp³-hybridized carbons (Fsp3) is 0.120. The van der Waals surface area contributed by atoms with E-state index in [4.69, 9.17) is 19.1 Å². The van der Waals surface area contributed by atoms with Crippen LogP contribution in [0.4, 0.5) is 4.39 Å². The molecule has 2 amide bonds. The minimum atomic E-state index is -0.626. The van der Waals surface area contributed by atoms with Crippen molar-refractivity contribution >= 4 is 22.8 Å². The summed E-state index contributed by atoms with van der Waals surface area (Å²) in [5.41, 5.74) is 2.85. The zero-order valence-electron chi connectivity index (χ0n) is 17.9. The summed E-state index contributed by atoms with van der Waals surface area (Å²) in [5, 5.41) is 12.1. The molecule has 34 heavy (non-hydrogen) atoms. The molecule has 4 aromatic rings. The average molecular weight is 464 g/mol. The lowest BCUT2D eigenvalue weighted by Crippen LogP contribution is -2.28. The highest BCUT2D eigenvalue weighted by atomic mass is 19.1. The molecule has 0 fully saturated rings. The largest absolute Gasteiger partial charge is 0.492 e. The summed E-state index contributed by atoms with van der Waals surface area (Å²) in [7, 11) is 0. The maximum atomic E-state index is 13.9. The monoisotopic (exact) mass is 464 g/mol. The maximum Gasteiger partial charge on any atom is 0.287 e. The Hall–Kier alpha value is -4.37. The Labute approximate surface area is 193 Å². The normalized spacial score (nSPS) is 10.6. The first kappa shape index (κ1) is 22.8. The van der Waals surface area contributed by atoms with E-state index in [2.05, 4.69) is 5.32 Å². The molecule has 0 spiro atoms. The van der Waals surface area contributed by atoms with E-state index in [1.165, 1.54) is 24.3 Å². The Morgan fingerprint density at radius 3 is 2.41 bits per heavy atom. The quantitative estimate of drug-likeness (QED) is 0.196. The number of hydrogen-bond acceptors (Lipinski definition) is 6. The predicted octanol–water partition coefficient (Wildman–Crippen LogP) is 4.08. The molecular formula is C25H21FN2O6. The van der Waals surface area contributed by atoms with E-state index in [-0.39, 0.29) is 36.8 Å². The molecule has 9 heteroatoms.